The number of amides is 3. The SMILES string of the molecule is CC(O)[C@H]1C(=O)N2C(C(=O)O)=C3[C@@H](NC(=O)NCCc4ccccc4)CCC[C@@H]3[C@H]12. The van der Waals surface area contributed by atoms with Crippen LogP contribution in [0.3, 0.4) is 0 Å². The minimum atomic E-state index is -1.16. The molecule has 160 valence electrons. The molecule has 2 fully saturated rings. The van der Waals surface area contributed by atoms with Gasteiger partial charge in [0.2, 0.25) is 5.91 Å². The van der Waals surface area contributed by atoms with E-state index in [0.717, 1.165) is 18.4 Å². The molecular formula is C22H27N3O5. The van der Waals surface area contributed by atoms with Crippen molar-refractivity contribution in [1.29, 1.82) is 0 Å². The molecule has 0 spiro atoms. The molecule has 1 saturated carbocycles. The number of β-lactam (4-membered cyclic amide) rings is 1. The summed E-state index contributed by atoms with van der Waals surface area (Å²) in [4.78, 5) is 38.3. The number of rotatable bonds is 6. The van der Waals surface area contributed by atoms with E-state index in [1.54, 1.807) is 6.92 Å². The molecule has 8 nitrogen and oxygen atoms in total. The molecular weight excluding hydrogens is 386 g/mol. The molecule has 1 aromatic rings. The lowest BCUT2D eigenvalue weighted by Crippen LogP contribution is -2.64. The number of hydrogen-bond donors (Lipinski definition) is 4. The van der Waals surface area contributed by atoms with Crippen LogP contribution in [0.4, 0.5) is 4.79 Å². The lowest BCUT2D eigenvalue weighted by Gasteiger charge is -2.47. The number of nitrogens with zero attached hydrogens (tertiary/aromatic N) is 1. The predicted molar refractivity (Wildman–Crippen MR) is 108 cm³/mol. The van der Waals surface area contributed by atoms with Crippen LogP contribution in [-0.2, 0) is 16.0 Å². The number of benzene rings is 1. The lowest BCUT2D eigenvalue weighted by molar-refractivity contribution is -0.163. The molecule has 4 N–H and O–H groups in total. The molecule has 3 aliphatic rings. The van der Waals surface area contributed by atoms with E-state index in [-0.39, 0.29) is 29.6 Å². The van der Waals surface area contributed by atoms with Crippen molar-refractivity contribution >= 4 is 17.9 Å². The van der Waals surface area contributed by atoms with E-state index < -0.39 is 24.0 Å². The number of carboxylic acids is 1. The molecule has 1 unspecified atom stereocenters. The summed E-state index contributed by atoms with van der Waals surface area (Å²) in [7, 11) is 0. The number of carboxylic acid groups (broad SMARTS) is 1. The first-order chi connectivity index (χ1) is 14.4. The van der Waals surface area contributed by atoms with Gasteiger partial charge in [0, 0.05) is 12.5 Å². The average molecular weight is 413 g/mol. The quantitative estimate of drug-likeness (QED) is 0.524. The van der Waals surface area contributed by atoms with Gasteiger partial charge in [-0.05, 0) is 37.3 Å². The standard InChI is InChI=1S/C22H27N3O5/c1-12(26)16-18-14-8-5-9-15(17(14)19(21(28)29)25(18)20(16)27)24-22(30)23-11-10-13-6-3-2-4-7-13/h2-4,6-7,12,14-16,18,26H,5,8-11H2,1H3,(H,28,29)(H2,23,24,30)/t12?,14-,15-,16+,18+/m0/s1. The minimum absolute atomic E-state index is 0.0128. The Balaban J connectivity index is 1.46. The number of nitrogens with one attached hydrogen (secondary N) is 2. The molecule has 1 aromatic carbocycles. The number of fused-ring (bicyclic) bond motifs is 3. The van der Waals surface area contributed by atoms with E-state index in [4.69, 9.17) is 0 Å². The van der Waals surface area contributed by atoms with Gasteiger partial charge in [-0.3, -0.25) is 4.79 Å². The van der Waals surface area contributed by atoms with E-state index in [1.807, 2.05) is 30.3 Å². The van der Waals surface area contributed by atoms with Gasteiger partial charge in [-0.25, -0.2) is 9.59 Å². The number of urea groups is 1. The van der Waals surface area contributed by atoms with E-state index in [1.165, 1.54) is 4.90 Å². The Labute approximate surface area is 174 Å². The van der Waals surface area contributed by atoms with Crippen LogP contribution in [0.2, 0.25) is 0 Å². The molecule has 8 heteroatoms. The number of aliphatic hydroxyl groups excluding tert-OH is 1. The zero-order valence-electron chi connectivity index (χ0n) is 16.9. The van der Waals surface area contributed by atoms with Gasteiger partial charge in [0.25, 0.3) is 0 Å². The fourth-order valence-corrected chi connectivity index (χ4v) is 5.21. The summed E-state index contributed by atoms with van der Waals surface area (Å²) in [5, 5.41) is 25.6. The van der Waals surface area contributed by atoms with Crippen molar-refractivity contribution in [2.45, 2.75) is 50.8 Å². The highest BCUT2D eigenvalue weighted by Gasteiger charge is 2.62. The minimum Gasteiger partial charge on any atom is -0.477 e. The molecule has 0 radical (unpaired) electrons. The zero-order valence-corrected chi connectivity index (χ0v) is 16.9. The first-order valence-corrected chi connectivity index (χ1v) is 10.5. The second-order valence-electron chi connectivity index (χ2n) is 8.30. The predicted octanol–water partition coefficient (Wildman–Crippen LogP) is 1.26. The molecule has 0 bridgehead atoms. The summed E-state index contributed by atoms with van der Waals surface area (Å²) in [5.74, 6) is -2.23. The number of aliphatic carboxylic acids is 1. The first kappa shape index (κ1) is 20.4. The van der Waals surface area contributed by atoms with E-state index in [9.17, 15) is 24.6 Å². The first-order valence-electron chi connectivity index (χ1n) is 10.5. The van der Waals surface area contributed by atoms with E-state index in [2.05, 4.69) is 10.6 Å². The summed E-state index contributed by atoms with van der Waals surface area (Å²) in [6, 6.07) is 8.72. The highest BCUT2D eigenvalue weighted by atomic mass is 16.4. The Kier molecular flexibility index (Phi) is 5.51. The van der Waals surface area contributed by atoms with E-state index in [0.29, 0.717) is 25.0 Å². The largest absolute Gasteiger partial charge is 0.477 e. The van der Waals surface area contributed by atoms with E-state index >= 15 is 0 Å². The molecule has 1 aliphatic carbocycles. The highest BCUT2D eigenvalue weighted by molar-refractivity contribution is 6.00. The van der Waals surface area contributed by atoms with Crippen LogP contribution in [0, 0.1) is 11.8 Å². The molecule has 1 saturated heterocycles. The topological polar surface area (TPSA) is 119 Å². The molecule has 5 atom stereocenters. The Morgan fingerprint density at radius 1 is 1.23 bits per heavy atom. The number of carbonyl (C=O) groups is 3. The fraction of sp³-hybridized carbons (Fsp3) is 0.500. The maximum Gasteiger partial charge on any atom is 0.352 e. The summed E-state index contributed by atoms with van der Waals surface area (Å²) < 4.78 is 0. The maximum atomic E-state index is 12.5. The Bertz CT molecular complexity index is 882. The van der Waals surface area contributed by atoms with Gasteiger partial charge < -0.3 is 25.7 Å². The molecule has 2 heterocycles. The lowest BCUT2D eigenvalue weighted by atomic mass is 9.71. The summed E-state index contributed by atoms with van der Waals surface area (Å²) in [6.45, 7) is 2.03. The molecule has 3 amide bonds. The van der Waals surface area contributed by atoms with Gasteiger partial charge >= 0.3 is 12.0 Å². The van der Waals surface area contributed by atoms with Crippen LogP contribution in [0.15, 0.2) is 41.6 Å². The number of aliphatic hydroxyl groups is 1. The second-order valence-corrected chi connectivity index (χ2v) is 8.30. The maximum absolute atomic E-state index is 12.5. The summed E-state index contributed by atoms with van der Waals surface area (Å²) in [5.41, 5.74) is 1.73. The Morgan fingerprint density at radius 2 is 1.97 bits per heavy atom. The van der Waals surface area contributed by atoms with Crippen molar-refractivity contribution in [3.8, 4) is 0 Å². The van der Waals surface area contributed by atoms with Gasteiger partial charge in [0.05, 0.1) is 24.1 Å². The monoisotopic (exact) mass is 413 g/mol. The second kappa shape index (κ2) is 8.10. The van der Waals surface area contributed by atoms with Crippen LogP contribution < -0.4 is 10.6 Å². The number of hydrogen-bond acceptors (Lipinski definition) is 4. The third-order valence-electron chi connectivity index (χ3n) is 6.47. The smallest absolute Gasteiger partial charge is 0.352 e. The van der Waals surface area contributed by atoms with Crippen molar-refractivity contribution in [3.63, 3.8) is 0 Å². The summed E-state index contributed by atoms with van der Waals surface area (Å²) >= 11 is 0. The zero-order chi connectivity index (χ0) is 21.4. The van der Waals surface area contributed by atoms with Gasteiger partial charge in [0.15, 0.2) is 0 Å². The van der Waals surface area contributed by atoms with Crippen molar-refractivity contribution in [2.75, 3.05) is 6.54 Å². The third kappa shape index (κ3) is 3.45. The Hall–Kier alpha value is -2.87. The average Bonchev–Trinajstić information content (AvgIpc) is 3.00. The molecule has 0 aromatic heterocycles. The molecule has 4 rings (SSSR count). The van der Waals surface area contributed by atoms with Crippen molar-refractivity contribution in [1.82, 2.24) is 15.5 Å². The van der Waals surface area contributed by atoms with Crippen molar-refractivity contribution in [3.05, 3.63) is 47.2 Å². The Morgan fingerprint density at radius 3 is 2.63 bits per heavy atom. The molecule has 2 aliphatic heterocycles. The van der Waals surface area contributed by atoms with Crippen LogP contribution >= 0.6 is 0 Å². The van der Waals surface area contributed by atoms with Crippen LogP contribution in [0.5, 0.6) is 0 Å². The van der Waals surface area contributed by atoms with Crippen LogP contribution in [0.25, 0.3) is 0 Å². The normalized spacial score (nSPS) is 28.3. The van der Waals surface area contributed by atoms with Crippen LogP contribution in [-0.4, -0.2) is 57.8 Å². The fourth-order valence-electron chi connectivity index (χ4n) is 5.21. The van der Waals surface area contributed by atoms with Crippen molar-refractivity contribution in [2.24, 2.45) is 11.8 Å². The number of carbonyl (C=O) groups excluding carboxylic acids is 2. The van der Waals surface area contributed by atoms with Crippen molar-refractivity contribution < 1.29 is 24.6 Å². The van der Waals surface area contributed by atoms with Gasteiger partial charge in [-0.1, -0.05) is 36.8 Å². The van der Waals surface area contributed by atoms with Crippen LogP contribution in [0.1, 0.15) is 31.7 Å². The van der Waals surface area contributed by atoms with Gasteiger partial charge in [0.1, 0.15) is 5.70 Å². The van der Waals surface area contributed by atoms with Gasteiger partial charge in [-0.15, -0.1) is 0 Å². The van der Waals surface area contributed by atoms with Gasteiger partial charge in [-0.2, -0.15) is 0 Å². The highest BCUT2D eigenvalue weighted by Crippen LogP contribution is 2.52. The molecule has 30 heavy (non-hydrogen) atoms. The summed E-state index contributed by atoms with van der Waals surface area (Å²) in [6.07, 6.45) is 2.06. The third-order valence-corrected chi connectivity index (χ3v) is 6.47.